The molecule has 0 radical (unpaired) electrons. The second kappa shape index (κ2) is 6.60. The number of rotatable bonds is 6. The maximum Gasteiger partial charge on any atom is 0.221 e. The molecule has 1 aromatic rings. The highest BCUT2D eigenvalue weighted by Crippen LogP contribution is 2.12. The van der Waals surface area contributed by atoms with E-state index < -0.39 is 0 Å². The lowest BCUT2D eigenvalue weighted by atomic mass is 10.1. The number of amides is 1. The Labute approximate surface area is 100 Å². The minimum atomic E-state index is -0.0394. The van der Waals surface area contributed by atoms with E-state index in [1.54, 1.807) is 11.3 Å². The van der Waals surface area contributed by atoms with Crippen LogP contribution in [-0.4, -0.2) is 16.9 Å². The number of nitrogens with zero attached hydrogens (tertiary/aromatic N) is 1. The summed E-state index contributed by atoms with van der Waals surface area (Å²) >= 11 is 1.64. The third-order valence-electron chi connectivity index (χ3n) is 2.36. The normalized spacial score (nSPS) is 12.4. The molecular weight excluding hydrogens is 222 g/mol. The van der Waals surface area contributed by atoms with Gasteiger partial charge >= 0.3 is 0 Å². The van der Waals surface area contributed by atoms with Gasteiger partial charge in [0.05, 0.1) is 6.54 Å². The van der Waals surface area contributed by atoms with Crippen LogP contribution >= 0.6 is 11.3 Å². The molecule has 0 bridgehead atoms. The van der Waals surface area contributed by atoms with E-state index in [1.807, 2.05) is 13.1 Å². The van der Waals surface area contributed by atoms with Gasteiger partial charge in [0.15, 0.2) is 0 Å². The summed E-state index contributed by atoms with van der Waals surface area (Å²) in [5.41, 5.74) is 5.69. The van der Waals surface area contributed by atoms with Crippen molar-refractivity contribution < 1.29 is 4.79 Å². The zero-order valence-electron chi connectivity index (χ0n) is 9.82. The summed E-state index contributed by atoms with van der Waals surface area (Å²) in [5, 5.41) is 3.78. The van der Waals surface area contributed by atoms with Gasteiger partial charge in [-0.3, -0.25) is 4.79 Å². The molecule has 0 aliphatic heterocycles. The van der Waals surface area contributed by atoms with Gasteiger partial charge in [0.2, 0.25) is 5.91 Å². The molecule has 0 aliphatic carbocycles. The second-order valence-corrected chi connectivity index (χ2v) is 4.92. The van der Waals surface area contributed by atoms with E-state index in [0.29, 0.717) is 13.0 Å². The number of nitrogens with one attached hydrogen (secondary N) is 1. The molecule has 1 amide bonds. The van der Waals surface area contributed by atoms with Gasteiger partial charge in [-0.25, -0.2) is 4.98 Å². The molecule has 0 fully saturated rings. The number of hydrogen-bond acceptors (Lipinski definition) is 4. The van der Waals surface area contributed by atoms with Crippen molar-refractivity contribution in [2.24, 2.45) is 5.73 Å². The quantitative estimate of drug-likeness (QED) is 0.792. The molecule has 0 saturated carbocycles. The van der Waals surface area contributed by atoms with E-state index in [9.17, 15) is 4.79 Å². The maximum absolute atomic E-state index is 11.4. The Bertz CT molecular complexity index is 338. The Balaban J connectivity index is 2.31. The Morgan fingerprint density at radius 2 is 2.38 bits per heavy atom. The van der Waals surface area contributed by atoms with Gasteiger partial charge in [-0.15, -0.1) is 11.3 Å². The van der Waals surface area contributed by atoms with Crippen molar-refractivity contribution in [3.8, 4) is 0 Å². The third-order valence-corrected chi connectivity index (χ3v) is 3.50. The largest absolute Gasteiger partial charge is 0.350 e. The number of nitrogens with two attached hydrogens (primary N) is 1. The highest BCUT2D eigenvalue weighted by atomic mass is 32.1. The van der Waals surface area contributed by atoms with Crippen LogP contribution in [0.25, 0.3) is 0 Å². The van der Waals surface area contributed by atoms with Crippen LogP contribution in [-0.2, 0) is 17.8 Å². The SMILES string of the molecule is CCc1cnc(CNC(=O)CC(N)CC)s1. The highest BCUT2D eigenvalue weighted by Gasteiger charge is 2.08. The van der Waals surface area contributed by atoms with Gasteiger partial charge in [0.1, 0.15) is 5.01 Å². The molecule has 16 heavy (non-hydrogen) atoms. The van der Waals surface area contributed by atoms with Gasteiger partial charge in [-0.2, -0.15) is 0 Å². The Hall–Kier alpha value is -0.940. The van der Waals surface area contributed by atoms with Crippen LogP contribution in [0, 0.1) is 0 Å². The van der Waals surface area contributed by atoms with Crippen molar-refractivity contribution >= 4 is 17.2 Å². The minimum absolute atomic E-state index is 0.00241. The van der Waals surface area contributed by atoms with Gasteiger partial charge in [-0.05, 0) is 12.8 Å². The second-order valence-electron chi connectivity index (χ2n) is 3.72. The first-order valence-electron chi connectivity index (χ1n) is 5.61. The number of carbonyl (C=O) groups excluding carboxylic acids is 1. The molecule has 0 saturated heterocycles. The predicted octanol–water partition coefficient (Wildman–Crippen LogP) is 1.45. The summed E-state index contributed by atoms with van der Waals surface area (Å²) in [6, 6.07) is -0.0394. The molecule has 1 atom stereocenters. The zero-order valence-corrected chi connectivity index (χ0v) is 10.6. The molecule has 0 aliphatic rings. The number of thiazole rings is 1. The van der Waals surface area contributed by atoms with Crippen LogP contribution in [0.3, 0.4) is 0 Å². The van der Waals surface area contributed by atoms with Crippen molar-refractivity contribution in [3.05, 3.63) is 16.1 Å². The summed E-state index contributed by atoms with van der Waals surface area (Å²) in [4.78, 5) is 16.9. The molecule has 1 unspecified atom stereocenters. The number of hydrogen-bond donors (Lipinski definition) is 2. The average molecular weight is 241 g/mol. The van der Waals surface area contributed by atoms with Crippen LogP contribution in [0.1, 0.15) is 36.6 Å². The molecule has 4 nitrogen and oxygen atoms in total. The lowest BCUT2D eigenvalue weighted by Gasteiger charge is -2.07. The molecule has 1 aromatic heterocycles. The fourth-order valence-corrected chi connectivity index (χ4v) is 2.02. The Kier molecular flexibility index (Phi) is 5.42. The molecule has 90 valence electrons. The first kappa shape index (κ1) is 13.1. The lowest BCUT2D eigenvalue weighted by molar-refractivity contribution is -0.121. The predicted molar refractivity (Wildman–Crippen MR) is 66.2 cm³/mol. The minimum Gasteiger partial charge on any atom is -0.350 e. The van der Waals surface area contributed by atoms with Crippen molar-refractivity contribution in [2.45, 2.75) is 45.7 Å². The van der Waals surface area contributed by atoms with E-state index in [2.05, 4.69) is 17.2 Å². The van der Waals surface area contributed by atoms with Crippen LogP contribution in [0.5, 0.6) is 0 Å². The molecule has 0 aromatic carbocycles. The van der Waals surface area contributed by atoms with Crippen molar-refractivity contribution in [3.63, 3.8) is 0 Å². The first-order valence-corrected chi connectivity index (χ1v) is 6.43. The Morgan fingerprint density at radius 1 is 1.62 bits per heavy atom. The van der Waals surface area contributed by atoms with Crippen molar-refractivity contribution in [1.29, 1.82) is 0 Å². The summed E-state index contributed by atoms with van der Waals surface area (Å²) < 4.78 is 0. The van der Waals surface area contributed by atoms with Crippen molar-refractivity contribution in [1.82, 2.24) is 10.3 Å². The van der Waals surface area contributed by atoms with E-state index in [-0.39, 0.29) is 11.9 Å². The standard InChI is InChI=1S/C11H19N3OS/c1-3-8(12)5-10(15)13-7-11-14-6-9(4-2)16-11/h6,8H,3-5,7,12H2,1-2H3,(H,13,15). The smallest absolute Gasteiger partial charge is 0.221 e. The van der Waals surface area contributed by atoms with Crippen LogP contribution < -0.4 is 11.1 Å². The fourth-order valence-electron chi connectivity index (χ4n) is 1.22. The monoisotopic (exact) mass is 241 g/mol. The third kappa shape index (κ3) is 4.28. The summed E-state index contributed by atoms with van der Waals surface area (Å²) in [6.45, 7) is 4.59. The number of aryl methyl sites for hydroxylation is 1. The van der Waals surface area contributed by atoms with Crippen LogP contribution in [0.4, 0.5) is 0 Å². The number of carbonyl (C=O) groups is 1. The fraction of sp³-hybridized carbons (Fsp3) is 0.636. The highest BCUT2D eigenvalue weighted by molar-refractivity contribution is 7.11. The van der Waals surface area contributed by atoms with Gasteiger partial charge in [0.25, 0.3) is 0 Å². The molecular formula is C11H19N3OS. The van der Waals surface area contributed by atoms with Gasteiger partial charge in [-0.1, -0.05) is 13.8 Å². The molecule has 0 spiro atoms. The lowest BCUT2D eigenvalue weighted by Crippen LogP contribution is -2.30. The van der Waals surface area contributed by atoms with E-state index in [4.69, 9.17) is 5.73 Å². The topological polar surface area (TPSA) is 68.0 Å². The van der Waals surface area contributed by atoms with Crippen LogP contribution in [0.15, 0.2) is 6.20 Å². The molecule has 1 rings (SSSR count). The summed E-state index contributed by atoms with van der Waals surface area (Å²) in [7, 11) is 0. The molecule has 1 heterocycles. The Morgan fingerprint density at radius 3 is 2.94 bits per heavy atom. The van der Waals surface area contributed by atoms with E-state index in [1.165, 1.54) is 4.88 Å². The van der Waals surface area contributed by atoms with Crippen LogP contribution in [0.2, 0.25) is 0 Å². The molecule has 5 heteroatoms. The van der Waals surface area contributed by atoms with Crippen molar-refractivity contribution in [2.75, 3.05) is 0 Å². The molecule has 3 N–H and O–H groups in total. The van der Waals surface area contributed by atoms with Gasteiger partial charge < -0.3 is 11.1 Å². The maximum atomic E-state index is 11.4. The zero-order chi connectivity index (χ0) is 12.0. The van der Waals surface area contributed by atoms with E-state index in [0.717, 1.165) is 17.8 Å². The number of aromatic nitrogens is 1. The first-order chi connectivity index (χ1) is 7.65. The van der Waals surface area contributed by atoms with E-state index >= 15 is 0 Å². The van der Waals surface area contributed by atoms with Gasteiger partial charge in [0, 0.05) is 23.5 Å². The summed E-state index contributed by atoms with van der Waals surface area (Å²) in [6.07, 6.45) is 4.07. The summed E-state index contributed by atoms with van der Waals surface area (Å²) in [5.74, 6) is 0.00241. The average Bonchev–Trinajstić information content (AvgIpc) is 2.74.